The van der Waals surface area contributed by atoms with E-state index in [2.05, 4.69) is 41.0 Å². The van der Waals surface area contributed by atoms with Crippen LogP contribution in [0.4, 0.5) is 0 Å². The highest BCUT2D eigenvalue weighted by Crippen LogP contribution is 2.21. The van der Waals surface area contributed by atoms with E-state index in [1.165, 1.54) is 4.88 Å². The second-order valence-corrected chi connectivity index (χ2v) is 5.44. The first-order valence-corrected chi connectivity index (χ1v) is 7.28. The molecule has 2 heterocycles. The van der Waals surface area contributed by atoms with E-state index in [4.69, 9.17) is 4.42 Å². The van der Waals surface area contributed by atoms with Gasteiger partial charge in [0.25, 0.3) is 0 Å². The average Bonchev–Trinajstić information content (AvgIpc) is 3.11. The van der Waals surface area contributed by atoms with Gasteiger partial charge in [0.15, 0.2) is 5.76 Å². The van der Waals surface area contributed by atoms with Crippen LogP contribution in [0.2, 0.25) is 0 Å². The van der Waals surface area contributed by atoms with E-state index >= 15 is 0 Å². The molecule has 0 amide bonds. The number of benzene rings is 1. The van der Waals surface area contributed by atoms with E-state index in [-0.39, 0.29) is 0 Å². The van der Waals surface area contributed by atoms with Crippen LogP contribution in [0.15, 0.2) is 64.4 Å². The zero-order chi connectivity index (χ0) is 12.9. The molecule has 0 fully saturated rings. The van der Waals surface area contributed by atoms with Crippen LogP contribution in [-0.2, 0) is 13.1 Å². The number of hydrogen-bond acceptors (Lipinski definition) is 2. The van der Waals surface area contributed by atoms with E-state index in [0.717, 1.165) is 30.2 Å². The average molecular weight is 270 g/mol. The summed E-state index contributed by atoms with van der Waals surface area (Å²) >= 11 is 1.80. The lowest BCUT2D eigenvalue weighted by Gasteiger charge is -1.98. The summed E-state index contributed by atoms with van der Waals surface area (Å²) in [4.78, 5) is 1.40. The highest BCUT2D eigenvalue weighted by Gasteiger charge is 2.05. The highest BCUT2D eigenvalue weighted by molar-refractivity contribution is 7.09. The van der Waals surface area contributed by atoms with E-state index in [0.29, 0.717) is 0 Å². The SMILES string of the molecule is c1ccc(-c2ccc(C[NH2+]Cc3cccs3)o2)cc1. The van der Waals surface area contributed by atoms with Gasteiger partial charge in [0, 0.05) is 5.56 Å². The molecular formula is C16H16NOS+. The molecule has 2 nitrogen and oxygen atoms in total. The molecule has 0 saturated heterocycles. The van der Waals surface area contributed by atoms with E-state index in [1.54, 1.807) is 11.3 Å². The second-order valence-electron chi connectivity index (χ2n) is 4.41. The highest BCUT2D eigenvalue weighted by atomic mass is 32.1. The van der Waals surface area contributed by atoms with Crippen molar-refractivity contribution >= 4 is 11.3 Å². The van der Waals surface area contributed by atoms with Crippen LogP contribution >= 0.6 is 11.3 Å². The van der Waals surface area contributed by atoms with Gasteiger partial charge in [0.1, 0.15) is 18.8 Å². The number of rotatable bonds is 5. The van der Waals surface area contributed by atoms with E-state index < -0.39 is 0 Å². The predicted octanol–water partition coefficient (Wildman–Crippen LogP) is 3.27. The number of hydrogen-bond donors (Lipinski definition) is 1. The zero-order valence-electron chi connectivity index (χ0n) is 10.6. The summed E-state index contributed by atoms with van der Waals surface area (Å²) in [5.74, 6) is 1.97. The smallest absolute Gasteiger partial charge is 0.158 e. The molecule has 0 aliphatic heterocycles. The lowest BCUT2D eigenvalue weighted by molar-refractivity contribution is -0.687. The molecule has 2 N–H and O–H groups in total. The Labute approximate surface area is 116 Å². The van der Waals surface area contributed by atoms with Crippen LogP contribution < -0.4 is 5.32 Å². The predicted molar refractivity (Wildman–Crippen MR) is 77.8 cm³/mol. The lowest BCUT2D eigenvalue weighted by atomic mass is 10.2. The molecule has 0 atom stereocenters. The van der Waals surface area contributed by atoms with Gasteiger partial charge < -0.3 is 9.73 Å². The fourth-order valence-corrected chi connectivity index (χ4v) is 2.73. The molecule has 19 heavy (non-hydrogen) atoms. The largest absolute Gasteiger partial charge is 0.455 e. The molecule has 96 valence electrons. The molecule has 0 bridgehead atoms. The minimum Gasteiger partial charge on any atom is -0.455 e. The number of quaternary nitrogens is 1. The van der Waals surface area contributed by atoms with E-state index in [1.807, 2.05) is 24.3 Å². The summed E-state index contributed by atoms with van der Waals surface area (Å²) in [6.45, 7) is 1.89. The van der Waals surface area contributed by atoms with Gasteiger partial charge >= 0.3 is 0 Å². The van der Waals surface area contributed by atoms with Crippen LogP contribution in [0.1, 0.15) is 10.6 Å². The quantitative estimate of drug-likeness (QED) is 0.757. The summed E-state index contributed by atoms with van der Waals surface area (Å²) in [5.41, 5.74) is 1.13. The molecule has 0 aliphatic rings. The minimum absolute atomic E-state index is 0.880. The number of furan rings is 1. The summed E-state index contributed by atoms with van der Waals surface area (Å²) < 4.78 is 5.86. The fraction of sp³-hybridized carbons (Fsp3) is 0.125. The van der Waals surface area contributed by atoms with Crippen molar-refractivity contribution in [3.8, 4) is 11.3 Å². The molecule has 0 aliphatic carbocycles. The third-order valence-corrected chi connectivity index (χ3v) is 3.89. The van der Waals surface area contributed by atoms with E-state index in [9.17, 15) is 0 Å². The van der Waals surface area contributed by atoms with Crippen molar-refractivity contribution in [1.82, 2.24) is 0 Å². The van der Waals surface area contributed by atoms with Crippen molar-refractivity contribution in [2.75, 3.05) is 0 Å². The number of nitrogens with two attached hydrogens (primary N) is 1. The first-order valence-electron chi connectivity index (χ1n) is 6.40. The summed E-state index contributed by atoms with van der Waals surface area (Å²) in [7, 11) is 0. The zero-order valence-corrected chi connectivity index (χ0v) is 11.4. The Kier molecular flexibility index (Phi) is 3.77. The van der Waals surface area contributed by atoms with Crippen LogP contribution in [0, 0.1) is 0 Å². The minimum atomic E-state index is 0.880. The van der Waals surface area contributed by atoms with Gasteiger partial charge in [-0.05, 0) is 23.6 Å². The Balaban J connectivity index is 1.59. The molecule has 0 saturated carbocycles. The van der Waals surface area contributed by atoms with Crippen LogP contribution in [0.3, 0.4) is 0 Å². The Morgan fingerprint density at radius 1 is 0.895 bits per heavy atom. The third-order valence-electron chi connectivity index (χ3n) is 2.99. The standard InChI is InChI=1S/C16H15NOS/c1-2-5-13(6-3-1)16-9-8-14(18-16)11-17-12-15-7-4-10-19-15/h1-10,17H,11-12H2/p+1. The van der Waals surface area contributed by atoms with Crippen molar-refractivity contribution in [1.29, 1.82) is 0 Å². The van der Waals surface area contributed by atoms with Gasteiger partial charge in [-0.25, -0.2) is 0 Å². The lowest BCUT2D eigenvalue weighted by Crippen LogP contribution is -2.80. The summed E-state index contributed by atoms with van der Waals surface area (Å²) in [6, 6.07) is 18.6. The van der Waals surface area contributed by atoms with Gasteiger partial charge in [0.2, 0.25) is 0 Å². The number of thiophene rings is 1. The van der Waals surface area contributed by atoms with Gasteiger partial charge in [0.05, 0.1) is 4.88 Å². The van der Waals surface area contributed by atoms with Gasteiger partial charge in [-0.3, -0.25) is 0 Å². The van der Waals surface area contributed by atoms with Crippen molar-refractivity contribution in [3.63, 3.8) is 0 Å². The van der Waals surface area contributed by atoms with Gasteiger partial charge in [-0.15, -0.1) is 11.3 Å². The Morgan fingerprint density at radius 2 is 1.79 bits per heavy atom. The monoisotopic (exact) mass is 270 g/mol. The van der Waals surface area contributed by atoms with Crippen molar-refractivity contribution in [2.24, 2.45) is 0 Å². The first kappa shape index (κ1) is 12.2. The molecule has 3 rings (SSSR count). The molecule has 0 spiro atoms. The third kappa shape index (κ3) is 3.13. The molecular weight excluding hydrogens is 254 g/mol. The van der Waals surface area contributed by atoms with Crippen LogP contribution in [0.5, 0.6) is 0 Å². The maximum absolute atomic E-state index is 5.86. The van der Waals surface area contributed by atoms with Gasteiger partial charge in [-0.1, -0.05) is 36.4 Å². The normalized spacial score (nSPS) is 10.7. The molecule has 3 aromatic rings. The molecule has 2 aromatic heterocycles. The second kappa shape index (κ2) is 5.87. The van der Waals surface area contributed by atoms with Crippen molar-refractivity contribution < 1.29 is 9.73 Å². The van der Waals surface area contributed by atoms with Crippen molar-refractivity contribution in [3.05, 3.63) is 70.6 Å². The summed E-state index contributed by atoms with van der Waals surface area (Å²) in [5, 5.41) is 4.38. The molecule has 0 radical (unpaired) electrons. The maximum Gasteiger partial charge on any atom is 0.158 e. The summed E-state index contributed by atoms with van der Waals surface area (Å²) in [6.07, 6.45) is 0. The van der Waals surface area contributed by atoms with Crippen LogP contribution in [0.25, 0.3) is 11.3 Å². The molecule has 1 aromatic carbocycles. The van der Waals surface area contributed by atoms with Crippen molar-refractivity contribution in [2.45, 2.75) is 13.1 Å². The Morgan fingerprint density at radius 3 is 2.58 bits per heavy atom. The Hall–Kier alpha value is -1.84. The van der Waals surface area contributed by atoms with Crippen LogP contribution in [-0.4, -0.2) is 0 Å². The van der Waals surface area contributed by atoms with Gasteiger partial charge in [-0.2, -0.15) is 0 Å². The fourth-order valence-electron chi connectivity index (χ4n) is 2.03. The maximum atomic E-state index is 5.86. The first-order chi connectivity index (χ1) is 9.42. The molecule has 3 heteroatoms. The Bertz CT molecular complexity index is 613. The topological polar surface area (TPSA) is 29.8 Å². The molecule has 0 unspecified atom stereocenters.